The van der Waals surface area contributed by atoms with Crippen LogP contribution in [0.25, 0.3) is 22.3 Å². The Kier molecular flexibility index (Phi) is 4.90. The second-order valence-electron chi connectivity index (χ2n) is 7.22. The number of carbonyl (C=O) groups is 1. The van der Waals surface area contributed by atoms with Crippen molar-refractivity contribution in [1.29, 1.82) is 0 Å². The number of carbonyl (C=O) groups excluding carboxylic acids is 1. The monoisotopic (exact) mass is 465 g/mol. The number of hydrogen-bond donors (Lipinski definition) is 3. The Bertz CT molecular complexity index is 1560. The first-order valence-electron chi connectivity index (χ1n) is 9.62. The first-order valence-corrected chi connectivity index (χ1v) is 10.00. The summed E-state index contributed by atoms with van der Waals surface area (Å²) >= 11 is 6.42. The van der Waals surface area contributed by atoms with E-state index in [9.17, 15) is 9.59 Å². The minimum Gasteiger partial charge on any atom is -0.317 e. The minimum absolute atomic E-state index is 0.0663. The molecule has 5 aromatic rings. The summed E-state index contributed by atoms with van der Waals surface area (Å²) in [6.07, 6.45) is 6.12. The zero-order chi connectivity index (χ0) is 23.1. The highest BCUT2D eigenvalue weighted by Gasteiger charge is 2.16. The molecule has 0 aliphatic heterocycles. The maximum Gasteiger partial charge on any atom is 0.326 e. The van der Waals surface area contributed by atoms with Crippen LogP contribution in [0.1, 0.15) is 10.4 Å². The molecule has 0 atom stereocenters. The van der Waals surface area contributed by atoms with Crippen molar-refractivity contribution < 1.29 is 9.32 Å². The number of aromatic nitrogens is 7. The molecule has 12 nitrogen and oxygen atoms in total. The summed E-state index contributed by atoms with van der Waals surface area (Å²) in [4.78, 5) is 29.3. The van der Waals surface area contributed by atoms with Crippen molar-refractivity contribution in [3.8, 4) is 11.4 Å². The third kappa shape index (κ3) is 3.83. The number of nitrogens with zero attached hydrogens (tertiary/aromatic N) is 6. The summed E-state index contributed by atoms with van der Waals surface area (Å²) in [7, 11) is 3.25. The SMILES string of the molecule is Cn1cc(C(=O)Nc2cc(-c3noc(Nc4ccc5[nH]ncc5c4Cl)n3)cn(C)c2=O)cn1. The Balaban J connectivity index is 1.42. The van der Waals surface area contributed by atoms with Crippen molar-refractivity contribution in [3.63, 3.8) is 0 Å². The highest BCUT2D eigenvalue weighted by atomic mass is 35.5. The van der Waals surface area contributed by atoms with Gasteiger partial charge in [0.2, 0.25) is 5.82 Å². The predicted octanol–water partition coefficient (Wildman–Crippen LogP) is 2.69. The Labute approximate surface area is 190 Å². The lowest BCUT2D eigenvalue weighted by molar-refractivity contribution is 0.102. The average Bonchev–Trinajstić information content (AvgIpc) is 3.54. The molecule has 0 saturated heterocycles. The number of anilines is 3. The van der Waals surface area contributed by atoms with Crippen molar-refractivity contribution in [2.45, 2.75) is 0 Å². The summed E-state index contributed by atoms with van der Waals surface area (Å²) in [5.74, 6) is -0.248. The van der Waals surface area contributed by atoms with E-state index in [0.29, 0.717) is 21.8 Å². The Morgan fingerprint density at radius 3 is 2.82 bits per heavy atom. The zero-order valence-corrected chi connectivity index (χ0v) is 18.1. The number of aryl methyl sites for hydroxylation is 2. The average molecular weight is 466 g/mol. The molecule has 0 saturated carbocycles. The second-order valence-corrected chi connectivity index (χ2v) is 7.60. The maximum atomic E-state index is 12.5. The molecular formula is C20H16ClN9O3. The maximum absolute atomic E-state index is 12.5. The number of hydrogen-bond acceptors (Lipinski definition) is 8. The molecule has 1 amide bonds. The molecule has 0 unspecified atom stereocenters. The normalized spacial score (nSPS) is 11.1. The molecule has 4 heterocycles. The Morgan fingerprint density at radius 1 is 1.18 bits per heavy atom. The minimum atomic E-state index is -0.461. The molecule has 4 aromatic heterocycles. The van der Waals surface area contributed by atoms with Gasteiger partial charge >= 0.3 is 6.01 Å². The van der Waals surface area contributed by atoms with Gasteiger partial charge in [-0.05, 0) is 18.2 Å². The van der Waals surface area contributed by atoms with Crippen LogP contribution in [-0.4, -0.2) is 40.6 Å². The number of H-pyrrole nitrogens is 1. The first-order chi connectivity index (χ1) is 15.9. The van der Waals surface area contributed by atoms with E-state index in [-0.39, 0.29) is 17.5 Å². The number of pyridine rings is 1. The van der Waals surface area contributed by atoms with Gasteiger partial charge in [-0.25, -0.2) is 0 Å². The van der Waals surface area contributed by atoms with Crippen LogP contribution in [0.4, 0.5) is 17.4 Å². The largest absolute Gasteiger partial charge is 0.326 e. The lowest BCUT2D eigenvalue weighted by atomic mass is 10.2. The van der Waals surface area contributed by atoms with E-state index in [1.54, 1.807) is 38.8 Å². The number of nitrogens with one attached hydrogen (secondary N) is 3. The van der Waals surface area contributed by atoms with E-state index in [4.69, 9.17) is 16.1 Å². The van der Waals surface area contributed by atoms with Crippen molar-refractivity contribution in [2.75, 3.05) is 10.6 Å². The van der Waals surface area contributed by atoms with E-state index in [1.165, 1.54) is 21.5 Å². The summed E-state index contributed by atoms with van der Waals surface area (Å²) < 4.78 is 8.11. The molecule has 3 N–H and O–H groups in total. The van der Waals surface area contributed by atoms with Crippen LogP contribution in [-0.2, 0) is 14.1 Å². The second kappa shape index (κ2) is 7.91. The van der Waals surface area contributed by atoms with E-state index in [2.05, 4.69) is 36.1 Å². The third-order valence-corrected chi connectivity index (χ3v) is 5.29. The van der Waals surface area contributed by atoms with Crippen LogP contribution in [0.2, 0.25) is 5.02 Å². The fourth-order valence-corrected chi connectivity index (χ4v) is 3.50. The Hall–Kier alpha value is -4.45. The highest BCUT2D eigenvalue weighted by molar-refractivity contribution is 6.38. The van der Waals surface area contributed by atoms with Crippen LogP contribution in [0, 0.1) is 0 Å². The Morgan fingerprint density at radius 2 is 2.03 bits per heavy atom. The van der Waals surface area contributed by atoms with Gasteiger partial charge in [0.05, 0.1) is 34.2 Å². The molecule has 0 aliphatic rings. The van der Waals surface area contributed by atoms with Gasteiger partial charge in [0.25, 0.3) is 11.5 Å². The molecule has 13 heteroatoms. The van der Waals surface area contributed by atoms with Gasteiger partial charge in [0, 0.05) is 37.4 Å². The van der Waals surface area contributed by atoms with Crippen LogP contribution < -0.4 is 16.2 Å². The van der Waals surface area contributed by atoms with Crippen molar-refractivity contribution in [2.24, 2.45) is 14.1 Å². The summed E-state index contributed by atoms with van der Waals surface area (Å²) in [6, 6.07) is 5.16. The fraction of sp³-hybridized carbons (Fsp3) is 0.100. The van der Waals surface area contributed by atoms with Gasteiger partial charge in [-0.1, -0.05) is 16.8 Å². The third-order valence-electron chi connectivity index (χ3n) is 4.88. The van der Waals surface area contributed by atoms with E-state index < -0.39 is 11.5 Å². The van der Waals surface area contributed by atoms with Gasteiger partial charge in [0.15, 0.2) is 0 Å². The van der Waals surface area contributed by atoms with Crippen LogP contribution in [0.15, 0.2) is 52.3 Å². The van der Waals surface area contributed by atoms with Crippen molar-refractivity contribution in [1.82, 2.24) is 34.7 Å². The number of amides is 1. The van der Waals surface area contributed by atoms with Crippen LogP contribution in [0.3, 0.4) is 0 Å². The van der Waals surface area contributed by atoms with Gasteiger partial charge < -0.3 is 19.7 Å². The quantitative estimate of drug-likeness (QED) is 0.358. The topological polar surface area (TPSA) is 149 Å². The molecule has 33 heavy (non-hydrogen) atoms. The molecule has 0 bridgehead atoms. The molecule has 0 spiro atoms. The van der Waals surface area contributed by atoms with E-state index >= 15 is 0 Å². The molecule has 0 radical (unpaired) electrons. The van der Waals surface area contributed by atoms with Crippen LogP contribution in [0.5, 0.6) is 0 Å². The summed E-state index contributed by atoms with van der Waals surface area (Å²) in [5, 5.41) is 21.5. The standard InChI is InChI=1S/C20H16ClN9O3/c1-29-8-10(5-15(19(29)32)24-18(31)11-6-23-30(2)9-11)17-26-20(33-28-17)25-14-4-3-13-12(16(14)21)7-22-27-13/h3-9H,1-2H3,(H,22,27)(H,24,31)(H,25,26,28). The molecule has 0 fully saturated rings. The smallest absolute Gasteiger partial charge is 0.317 e. The summed E-state index contributed by atoms with van der Waals surface area (Å²) in [6.45, 7) is 0. The molecule has 1 aromatic carbocycles. The lowest BCUT2D eigenvalue weighted by Crippen LogP contribution is -2.24. The van der Waals surface area contributed by atoms with Crippen molar-refractivity contribution in [3.05, 3.63) is 63.9 Å². The molecular weight excluding hydrogens is 450 g/mol. The van der Waals surface area contributed by atoms with Crippen molar-refractivity contribution >= 4 is 45.8 Å². The number of aromatic amines is 1. The predicted molar refractivity (Wildman–Crippen MR) is 121 cm³/mol. The number of fused-ring (bicyclic) bond motifs is 1. The van der Waals surface area contributed by atoms with Gasteiger partial charge in [0.1, 0.15) is 5.69 Å². The molecule has 0 aliphatic carbocycles. The lowest BCUT2D eigenvalue weighted by Gasteiger charge is -2.07. The number of halogens is 1. The molecule has 5 rings (SSSR count). The van der Waals surface area contributed by atoms with Gasteiger partial charge in [-0.3, -0.25) is 19.4 Å². The zero-order valence-electron chi connectivity index (χ0n) is 17.3. The van der Waals surface area contributed by atoms with E-state index in [1.807, 2.05) is 6.07 Å². The van der Waals surface area contributed by atoms with E-state index in [0.717, 1.165) is 10.9 Å². The van der Waals surface area contributed by atoms with Gasteiger partial charge in [-0.15, -0.1) is 0 Å². The van der Waals surface area contributed by atoms with Gasteiger partial charge in [-0.2, -0.15) is 15.2 Å². The first kappa shape index (κ1) is 20.5. The summed E-state index contributed by atoms with van der Waals surface area (Å²) in [5.41, 5.74) is 1.82. The fourth-order valence-electron chi connectivity index (χ4n) is 3.24. The molecule has 166 valence electrons. The number of benzene rings is 1. The van der Waals surface area contributed by atoms with Crippen LogP contribution >= 0.6 is 11.6 Å². The number of rotatable bonds is 5. The highest BCUT2D eigenvalue weighted by Crippen LogP contribution is 2.32.